The first-order valence-electron chi connectivity index (χ1n) is 11.7. The Morgan fingerprint density at radius 1 is 0.966 bits per heavy atom. The molecule has 3 nitrogen and oxygen atoms in total. The number of hydrogen-bond acceptors (Lipinski definition) is 3. The number of halogens is 1. The van der Waals surface area contributed by atoms with Gasteiger partial charge in [-0.05, 0) is 36.8 Å². The monoisotopic (exact) mass is 406 g/mol. The van der Waals surface area contributed by atoms with E-state index in [1.165, 1.54) is 57.4 Å². The molecule has 1 aliphatic rings. The van der Waals surface area contributed by atoms with Crippen LogP contribution in [-0.4, -0.2) is 12.6 Å². The molecule has 1 aliphatic carbocycles. The average molecular weight is 407 g/mol. The minimum atomic E-state index is -0.479. The van der Waals surface area contributed by atoms with Gasteiger partial charge in [0, 0.05) is 12.5 Å². The summed E-state index contributed by atoms with van der Waals surface area (Å²) in [6.45, 7) is 4.87. The summed E-state index contributed by atoms with van der Waals surface area (Å²) in [6, 6.07) is 4.40. The van der Waals surface area contributed by atoms with Crippen molar-refractivity contribution >= 4 is 5.97 Å². The molecule has 0 saturated heterocycles. The van der Waals surface area contributed by atoms with Crippen LogP contribution in [0.1, 0.15) is 97.3 Å². The normalized spacial score (nSPS) is 19.1. The van der Waals surface area contributed by atoms with Crippen LogP contribution in [0.25, 0.3) is 0 Å². The van der Waals surface area contributed by atoms with Crippen LogP contribution in [0.2, 0.25) is 0 Å². The lowest BCUT2D eigenvalue weighted by Crippen LogP contribution is -2.17. The third-order valence-corrected chi connectivity index (χ3v) is 6.08. The smallest absolute Gasteiger partial charge is 0.311 e. The molecule has 2 rings (SSSR count). The zero-order valence-electron chi connectivity index (χ0n) is 18.4. The van der Waals surface area contributed by atoms with Gasteiger partial charge in [0.15, 0.2) is 11.6 Å². The van der Waals surface area contributed by atoms with Crippen molar-refractivity contribution in [1.82, 2.24) is 0 Å². The minimum absolute atomic E-state index is 0.219. The number of ether oxygens (including phenoxy) is 2. The molecule has 1 aromatic rings. The predicted molar refractivity (Wildman–Crippen MR) is 116 cm³/mol. The van der Waals surface area contributed by atoms with E-state index in [-0.39, 0.29) is 17.5 Å². The zero-order chi connectivity index (χ0) is 20.9. The third-order valence-electron chi connectivity index (χ3n) is 6.08. The number of unbranched alkanes of at least 4 members (excludes halogenated alkanes) is 4. The molecule has 1 aromatic carbocycles. The van der Waals surface area contributed by atoms with E-state index in [1.807, 2.05) is 0 Å². The van der Waals surface area contributed by atoms with Crippen molar-refractivity contribution in [3.05, 3.63) is 24.0 Å². The summed E-state index contributed by atoms with van der Waals surface area (Å²) >= 11 is 0. The number of carbonyl (C=O) groups is 1. The fourth-order valence-corrected chi connectivity index (χ4v) is 4.19. The first-order valence-corrected chi connectivity index (χ1v) is 11.7. The van der Waals surface area contributed by atoms with Gasteiger partial charge >= 0.3 is 5.97 Å². The number of carbonyl (C=O) groups excluding carboxylic acids is 1. The number of esters is 1. The molecule has 0 aliphatic heterocycles. The van der Waals surface area contributed by atoms with E-state index in [2.05, 4.69) is 13.8 Å². The summed E-state index contributed by atoms with van der Waals surface area (Å²) in [5, 5.41) is 0. The Bertz CT molecular complexity index is 594. The molecule has 0 atom stereocenters. The van der Waals surface area contributed by atoms with Gasteiger partial charge in [0.25, 0.3) is 0 Å². The lowest BCUT2D eigenvalue weighted by atomic mass is 9.78. The molecule has 0 unspecified atom stereocenters. The van der Waals surface area contributed by atoms with Gasteiger partial charge in [-0.25, -0.2) is 4.39 Å². The van der Waals surface area contributed by atoms with Gasteiger partial charge in [-0.3, -0.25) is 4.79 Å². The largest absolute Gasteiger partial charge is 0.491 e. The lowest BCUT2D eigenvalue weighted by molar-refractivity contribution is -0.134. The third kappa shape index (κ3) is 9.18. The predicted octanol–water partition coefficient (Wildman–Crippen LogP) is 7.47. The van der Waals surface area contributed by atoms with Crippen molar-refractivity contribution in [1.29, 1.82) is 0 Å². The van der Waals surface area contributed by atoms with Crippen molar-refractivity contribution in [3.63, 3.8) is 0 Å². The average Bonchev–Trinajstić information content (AvgIpc) is 2.72. The van der Waals surface area contributed by atoms with Crippen LogP contribution in [0.5, 0.6) is 11.5 Å². The fourth-order valence-electron chi connectivity index (χ4n) is 4.19. The number of benzene rings is 1. The van der Waals surface area contributed by atoms with Crippen LogP contribution in [0.3, 0.4) is 0 Å². The maximum Gasteiger partial charge on any atom is 0.311 e. The fraction of sp³-hybridized carbons (Fsp3) is 0.720. The van der Waals surface area contributed by atoms with Gasteiger partial charge in [-0.1, -0.05) is 78.1 Å². The van der Waals surface area contributed by atoms with Crippen LogP contribution in [0.4, 0.5) is 4.39 Å². The van der Waals surface area contributed by atoms with Crippen LogP contribution in [0, 0.1) is 17.7 Å². The van der Waals surface area contributed by atoms with E-state index in [0.717, 1.165) is 31.6 Å². The van der Waals surface area contributed by atoms with Crippen LogP contribution in [-0.2, 0) is 4.79 Å². The molecule has 4 heteroatoms. The first-order chi connectivity index (χ1) is 14.1. The Kier molecular flexibility index (Phi) is 11.1. The topological polar surface area (TPSA) is 35.5 Å². The van der Waals surface area contributed by atoms with Crippen molar-refractivity contribution < 1.29 is 18.7 Å². The molecule has 0 spiro atoms. The summed E-state index contributed by atoms with van der Waals surface area (Å²) in [7, 11) is 0. The van der Waals surface area contributed by atoms with Gasteiger partial charge in [0.1, 0.15) is 5.75 Å². The summed E-state index contributed by atoms with van der Waals surface area (Å²) in [6.07, 6.45) is 14.8. The number of rotatable bonds is 13. The Labute approximate surface area is 176 Å². The van der Waals surface area contributed by atoms with Crippen molar-refractivity contribution in [3.8, 4) is 11.5 Å². The molecule has 0 radical (unpaired) electrons. The molecule has 1 saturated carbocycles. The van der Waals surface area contributed by atoms with Gasteiger partial charge in [-0.15, -0.1) is 0 Å². The standard InChI is InChI=1S/C25H39FO3/c1-3-5-7-9-20-10-12-21(13-11-20)14-17-25(27)29-22-15-16-24(23(26)19-22)28-18-8-6-4-2/h15-16,19-21H,3-14,17-18H2,1-2H3. The highest BCUT2D eigenvalue weighted by atomic mass is 19.1. The summed E-state index contributed by atoms with van der Waals surface area (Å²) in [5.41, 5.74) is 0. The second-order valence-corrected chi connectivity index (χ2v) is 8.54. The Hall–Kier alpha value is -1.58. The number of hydrogen-bond donors (Lipinski definition) is 0. The highest BCUT2D eigenvalue weighted by Gasteiger charge is 2.21. The van der Waals surface area contributed by atoms with Crippen LogP contribution in [0.15, 0.2) is 18.2 Å². The summed E-state index contributed by atoms with van der Waals surface area (Å²) in [4.78, 5) is 12.2. The maximum absolute atomic E-state index is 14.1. The molecular formula is C25H39FO3. The van der Waals surface area contributed by atoms with Gasteiger partial charge in [0.05, 0.1) is 6.61 Å². The molecule has 0 bridgehead atoms. The molecule has 0 amide bonds. The lowest BCUT2D eigenvalue weighted by Gasteiger charge is -2.28. The SMILES string of the molecule is CCCCCOc1ccc(OC(=O)CCC2CCC(CCCCC)CC2)cc1F. The van der Waals surface area contributed by atoms with E-state index in [9.17, 15) is 9.18 Å². The van der Waals surface area contributed by atoms with E-state index in [1.54, 1.807) is 12.1 Å². The quantitative estimate of drug-likeness (QED) is 0.194. The Balaban J connectivity index is 1.66. The Morgan fingerprint density at radius 2 is 1.62 bits per heavy atom. The molecule has 1 fully saturated rings. The zero-order valence-corrected chi connectivity index (χ0v) is 18.4. The summed E-state index contributed by atoms with van der Waals surface area (Å²) < 4.78 is 24.9. The van der Waals surface area contributed by atoms with E-state index >= 15 is 0 Å². The van der Waals surface area contributed by atoms with Crippen LogP contribution >= 0.6 is 0 Å². The first kappa shape index (κ1) is 23.7. The van der Waals surface area contributed by atoms with Crippen molar-refractivity contribution in [2.24, 2.45) is 11.8 Å². The highest BCUT2D eigenvalue weighted by molar-refractivity contribution is 5.72. The van der Waals surface area contributed by atoms with E-state index < -0.39 is 5.82 Å². The molecule has 29 heavy (non-hydrogen) atoms. The second kappa shape index (κ2) is 13.6. The molecule has 0 heterocycles. The second-order valence-electron chi connectivity index (χ2n) is 8.54. The highest BCUT2D eigenvalue weighted by Crippen LogP contribution is 2.34. The molecular weight excluding hydrogens is 367 g/mol. The van der Waals surface area contributed by atoms with Gasteiger partial charge in [-0.2, -0.15) is 0 Å². The van der Waals surface area contributed by atoms with Crippen molar-refractivity contribution in [2.75, 3.05) is 6.61 Å². The molecule has 164 valence electrons. The van der Waals surface area contributed by atoms with Gasteiger partial charge in [0.2, 0.25) is 0 Å². The molecule has 0 N–H and O–H groups in total. The molecule has 0 aromatic heterocycles. The minimum Gasteiger partial charge on any atom is -0.491 e. The van der Waals surface area contributed by atoms with E-state index in [0.29, 0.717) is 18.9 Å². The van der Waals surface area contributed by atoms with E-state index in [4.69, 9.17) is 9.47 Å². The summed E-state index contributed by atoms with van der Waals surface area (Å²) in [5.74, 6) is 1.24. The maximum atomic E-state index is 14.1. The Morgan fingerprint density at radius 3 is 2.28 bits per heavy atom. The van der Waals surface area contributed by atoms with Gasteiger partial charge < -0.3 is 9.47 Å². The van der Waals surface area contributed by atoms with Crippen LogP contribution < -0.4 is 9.47 Å². The van der Waals surface area contributed by atoms with Crippen molar-refractivity contribution in [2.45, 2.75) is 97.3 Å².